The van der Waals surface area contributed by atoms with E-state index in [1.807, 2.05) is 0 Å². The van der Waals surface area contributed by atoms with E-state index in [0.717, 1.165) is 5.56 Å². The quantitative estimate of drug-likeness (QED) is 0.752. The number of halogens is 3. The van der Waals surface area contributed by atoms with Crippen LogP contribution in [0.3, 0.4) is 0 Å². The Hall–Kier alpha value is -2.42. The summed E-state index contributed by atoms with van der Waals surface area (Å²) in [6.45, 7) is 4.09. The molecule has 0 bridgehead atoms. The zero-order valence-electron chi connectivity index (χ0n) is 13.1. The van der Waals surface area contributed by atoms with Gasteiger partial charge in [0.2, 0.25) is 11.7 Å². The molecule has 0 radical (unpaired) electrons. The molecule has 0 aliphatic carbocycles. The number of hydrogen-bond donors (Lipinski definition) is 0. The van der Waals surface area contributed by atoms with Gasteiger partial charge in [0.15, 0.2) is 0 Å². The molecule has 0 spiro atoms. The zero-order valence-corrected chi connectivity index (χ0v) is 13.1. The van der Waals surface area contributed by atoms with Crippen LogP contribution in [-0.2, 0) is 22.4 Å². The van der Waals surface area contributed by atoms with E-state index in [1.54, 1.807) is 38.1 Å². The van der Waals surface area contributed by atoms with Gasteiger partial charge in [0, 0.05) is 12.0 Å². The van der Waals surface area contributed by atoms with E-state index >= 15 is 0 Å². The molecule has 9 heteroatoms. The molecule has 24 heavy (non-hydrogen) atoms. The molecule has 0 saturated heterocycles. The number of carbonyl (C=O) groups excluding carboxylic acids is 1. The number of hydrogen-bond acceptors (Lipinski definition) is 5. The molecule has 0 N–H and O–H groups in total. The predicted molar refractivity (Wildman–Crippen MR) is 77.2 cm³/mol. The fourth-order valence-electron chi connectivity index (χ4n) is 1.92. The molecule has 1 aromatic carbocycles. The number of rotatable bonds is 6. The van der Waals surface area contributed by atoms with Gasteiger partial charge in [-0.15, -0.1) is 0 Å². The Morgan fingerprint density at radius 2 is 1.92 bits per heavy atom. The minimum atomic E-state index is -4.68. The molecule has 1 amide bonds. The molecule has 1 heterocycles. The summed E-state index contributed by atoms with van der Waals surface area (Å²) in [6.07, 6.45) is -4.37. The standard InChI is InChI=1S/C15H16F3N3O3/c1-3-12(22)21(23-4-2)9-10-5-7-11(8-6-10)13-19-14(24-20-13)15(16,17)18/h5-8H,3-4,9H2,1-2H3. The van der Waals surface area contributed by atoms with Crippen molar-refractivity contribution in [3.05, 3.63) is 35.7 Å². The van der Waals surface area contributed by atoms with Crippen LogP contribution in [0.5, 0.6) is 0 Å². The fraction of sp³-hybridized carbons (Fsp3) is 0.400. The van der Waals surface area contributed by atoms with Crippen LogP contribution in [0.2, 0.25) is 0 Å². The van der Waals surface area contributed by atoms with Crippen LogP contribution in [-0.4, -0.2) is 27.7 Å². The average molecular weight is 343 g/mol. The van der Waals surface area contributed by atoms with Crippen molar-refractivity contribution in [1.82, 2.24) is 15.2 Å². The Kier molecular flexibility index (Phi) is 5.55. The summed E-state index contributed by atoms with van der Waals surface area (Å²) in [4.78, 5) is 20.3. The number of carbonyl (C=O) groups is 1. The number of alkyl halides is 3. The van der Waals surface area contributed by atoms with Gasteiger partial charge in [-0.25, -0.2) is 5.06 Å². The second kappa shape index (κ2) is 7.43. The lowest BCUT2D eigenvalue weighted by molar-refractivity contribution is -0.188. The Bertz CT molecular complexity index is 683. The average Bonchev–Trinajstić information content (AvgIpc) is 3.04. The first kappa shape index (κ1) is 17.9. The van der Waals surface area contributed by atoms with Gasteiger partial charge in [0.05, 0.1) is 13.2 Å². The maximum atomic E-state index is 12.5. The molecule has 0 atom stereocenters. The van der Waals surface area contributed by atoms with Crippen molar-refractivity contribution in [3.8, 4) is 11.4 Å². The number of aromatic nitrogens is 2. The van der Waals surface area contributed by atoms with Crippen molar-refractivity contribution < 1.29 is 27.3 Å². The van der Waals surface area contributed by atoms with Crippen LogP contribution >= 0.6 is 0 Å². The summed E-state index contributed by atoms with van der Waals surface area (Å²) >= 11 is 0. The van der Waals surface area contributed by atoms with Gasteiger partial charge in [0.1, 0.15) is 0 Å². The number of benzene rings is 1. The summed E-state index contributed by atoms with van der Waals surface area (Å²) in [5.41, 5.74) is 1.14. The van der Waals surface area contributed by atoms with E-state index in [1.165, 1.54) is 5.06 Å². The molecule has 0 fully saturated rings. The Morgan fingerprint density at radius 3 is 2.42 bits per heavy atom. The third kappa shape index (κ3) is 4.31. The summed E-state index contributed by atoms with van der Waals surface area (Å²) in [6, 6.07) is 6.43. The van der Waals surface area contributed by atoms with Gasteiger partial charge >= 0.3 is 12.1 Å². The first-order valence-electron chi connectivity index (χ1n) is 7.28. The van der Waals surface area contributed by atoms with Gasteiger partial charge in [-0.1, -0.05) is 36.3 Å². The topological polar surface area (TPSA) is 68.5 Å². The molecule has 0 saturated carbocycles. The Morgan fingerprint density at radius 1 is 1.25 bits per heavy atom. The number of hydroxylamine groups is 2. The maximum absolute atomic E-state index is 12.5. The molecule has 6 nitrogen and oxygen atoms in total. The van der Waals surface area contributed by atoms with Gasteiger partial charge in [-0.3, -0.25) is 9.63 Å². The van der Waals surface area contributed by atoms with Crippen molar-refractivity contribution in [3.63, 3.8) is 0 Å². The van der Waals surface area contributed by atoms with Gasteiger partial charge < -0.3 is 4.52 Å². The molecule has 2 rings (SSSR count). The highest BCUT2D eigenvalue weighted by Crippen LogP contribution is 2.29. The van der Waals surface area contributed by atoms with E-state index in [-0.39, 0.29) is 18.3 Å². The van der Waals surface area contributed by atoms with E-state index in [2.05, 4.69) is 14.7 Å². The first-order valence-corrected chi connectivity index (χ1v) is 7.28. The van der Waals surface area contributed by atoms with Crippen molar-refractivity contribution in [2.45, 2.75) is 33.0 Å². The van der Waals surface area contributed by atoms with Gasteiger partial charge in [-0.05, 0) is 12.5 Å². The second-order valence-corrected chi connectivity index (χ2v) is 4.82. The Balaban J connectivity index is 2.12. The minimum Gasteiger partial charge on any atom is -0.329 e. The van der Waals surface area contributed by atoms with Gasteiger partial charge in [-0.2, -0.15) is 18.2 Å². The Labute approximate surface area is 136 Å². The van der Waals surface area contributed by atoms with Crippen molar-refractivity contribution in [2.24, 2.45) is 0 Å². The van der Waals surface area contributed by atoms with Crippen LogP contribution in [0.4, 0.5) is 13.2 Å². The van der Waals surface area contributed by atoms with E-state index < -0.39 is 12.1 Å². The summed E-state index contributed by atoms with van der Waals surface area (Å²) in [7, 11) is 0. The molecule has 0 aliphatic rings. The smallest absolute Gasteiger partial charge is 0.329 e. The lowest BCUT2D eigenvalue weighted by Gasteiger charge is -2.20. The highest BCUT2D eigenvalue weighted by molar-refractivity contribution is 5.74. The van der Waals surface area contributed by atoms with Crippen LogP contribution in [0.1, 0.15) is 31.7 Å². The predicted octanol–water partition coefficient (Wildman–Crippen LogP) is 3.45. The SMILES string of the molecule is CCON(Cc1ccc(-c2noc(C(F)(F)F)n2)cc1)C(=O)CC. The van der Waals surface area contributed by atoms with E-state index in [9.17, 15) is 18.0 Å². The largest absolute Gasteiger partial charge is 0.471 e. The highest BCUT2D eigenvalue weighted by Gasteiger charge is 2.38. The molecule has 0 aliphatic heterocycles. The first-order chi connectivity index (χ1) is 11.3. The molecule has 1 aromatic heterocycles. The molecule has 0 unspecified atom stereocenters. The fourth-order valence-corrected chi connectivity index (χ4v) is 1.92. The van der Waals surface area contributed by atoms with Crippen LogP contribution < -0.4 is 0 Å². The molecular formula is C15H16F3N3O3. The minimum absolute atomic E-state index is 0.153. The molecule has 2 aromatic rings. The van der Waals surface area contributed by atoms with E-state index in [0.29, 0.717) is 18.6 Å². The number of nitrogens with zero attached hydrogens (tertiary/aromatic N) is 3. The maximum Gasteiger partial charge on any atom is 0.471 e. The summed E-state index contributed by atoms with van der Waals surface area (Å²) < 4.78 is 41.6. The van der Waals surface area contributed by atoms with Crippen molar-refractivity contribution in [1.29, 1.82) is 0 Å². The van der Waals surface area contributed by atoms with Crippen LogP contribution in [0.25, 0.3) is 11.4 Å². The third-order valence-corrected chi connectivity index (χ3v) is 3.07. The summed E-state index contributed by atoms with van der Waals surface area (Å²) in [5, 5.41) is 4.57. The van der Waals surface area contributed by atoms with Crippen LogP contribution in [0.15, 0.2) is 28.8 Å². The van der Waals surface area contributed by atoms with Gasteiger partial charge in [0.25, 0.3) is 0 Å². The van der Waals surface area contributed by atoms with Crippen molar-refractivity contribution in [2.75, 3.05) is 6.61 Å². The summed E-state index contributed by atoms with van der Waals surface area (Å²) in [5.74, 6) is -1.70. The monoisotopic (exact) mass is 343 g/mol. The number of amides is 1. The third-order valence-electron chi connectivity index (χ3n) is 3.07. The molecular weight excluding hydrogens is 327 g/mol. The van der Waals surface area contributed by atoms with E-state index in [4.69, 9.17) is 4.84 Å². The lowest BCUT2D eigenvalue weighted by Crippen LogP contribution is -2.30. The molecule has 130 valence electrons. The van der Waals surface area contributed by atoms with Crippen LogP contribution in [0, 0.1) is 0 Å². The normalized spacial score (nSPS) is 11.5. The lowest BCUT2D eigenvalue weighted by atomic mass is 10.1. The zero-order chi connectivity index (χ0) is 17.7. The highest BCUT2D eigenvalue weighted by atomic mass is 19.4. The van der Waals surface area contributed by atoms with Crippen molar-refractivity contribution >= 4 is 5.91 Å². The second-order valence-electron chi connectivity index (χ2n) is 4.82.